The quantitative estimate of drug-likeness (QED) is 0.148. The third-order valence-electron chi connectivity index (χ3n) is 4.66. The Kier molecular flexibility index (Phi) is 7.00. The zero-order valence-corrected chi connectivity index (χ0v) is 14.4. The van der Waals surface area contributed by atoms with Gasteiger partial charge in [-0.2, -0.15) is 0 Å². The van der Waals surface area contributed by atoms with Crippen LogP contribution in [0.2, 0.25) is 0 Å². The normalized spacial score (nSPS) is 53.7. The molecule has 0 amide bonds. The molecule has 0 aromatic heterocycles. The third kappa shape index (κ3) is 4.34. The molecule has 0 aromatic carbocycles. The molecule has 2 fully saturated rings. The van der Waals surface area contributed by atoms with E-state index in [0.29, 0.717) is 0 Å². The second kappa shape index (κ2) is 8.22. The van der Waals surface area contributed by atoms with Crippen molar-refractivity contribution in [1.29, 1.82) is 0 Å². The summed E-state index contributed by atoms with van der Waals surface area (Å²) in [5, 5.41) is 96.3. The van der Waals surface area contributed by atoms with E-state index in [9.17, 15) is 60.5 Å². The van der Waals surface area contributed by atoms with Gasteiger partial charge in [-0.25, -0.2) is 4.57 Å². The third-order valence-corrected chi connectivity index (χ3v) is 5.68. The molecule has 2 rings (SSSR count). The number of hydrogen-bond acceptors (Lipinski definition) is 13. The summed E-state index contributed by atoms with van der Waals surface area (Å²) in [6.45, 7) is 0. The maximum absolute atomic E-state index is 12.1. The molecule has 0 radical (unpaired) electrons. The van der Waals surface area contributed by atoms with Crippen molar-refractivity contribution >= 4 is 7.82 Å². The lowest BCUT2D eigenvalue weighted by Gasteiger charge is -2.43. The van der Waals surface area contributed by atoms with E-state index in [1.807, 2.05) is 0 Å². The van der Waals surface area contributed by atoms with Gasteiger partial charge in [0.1, 0.15) is 73.2 Å². The molecule has 14 nitrogen and oxygen atoms in total. The van der Waals surface area contributed by atoms with Crippen LogP contribution in [0.1, 0.15) is 0 Å². The Labute approximate surface area is 151 Å². The van der Waals surface area contributed by atoms with Crippen LogP contribution in [0.25, 0.3) is 0 Å². The minimum atomic E-state index is -5.37. The summed E-state index contributed by atoms with van der Waals surface area (Å²) in [7, 11) is -5.37. The van der Waals surface area contributed by atoms with Crippen LogP contribution in [-0.2, 0) is 13.6 Å². The van der Waals surface area contributed by atoms with E-state index < -0.39 is 81.1 Å². The van der Waals surface area contributed by atoms with Crippen LogP contribution in [0.4, 0.5) is 0 Å². The second-order valence-corrected chi connectivity index (χ2v) is 7.87. The first-order chi connectivity index (χ1) is 12.3. The van der Waals surface area contributed by atoms with Crippen LogP contribution in [0, 0.1) is 0 Å². The maximum Gasteiger partial charge on any atom is 0.473 e. The molecule has 2 saturated carbocycles. The molecule has 0 aromatic rings. The Morgan fingerprint density at radius 3 is 0.852 bits per heavy atom. The Morgan fingerprint density at radius 2 is 0.630 bits per heavy atom. The number of rotatable bonds is 4. The van der Waals surface area contributed by atoms with Gasteiger partial charge in [-0.1, -0.05) is 0 Å². The van der Waals surface area contributed by atoms with E-state index in [1.165, 1.54) is 0 Å². The summed E-state index contributed by atoms with van der Waals surface area (Å²) in [6.07, 6.45) is -25.0. The molecule has 0 bridgehead atoms. The molecule has 13 atom stereocenters. The van der Waals surface area contributed by atoms with E-state index in [2.05, 4.69) is 9.05 Å². The van der Waals surface area contributed by atoms with Gasteiger partial charge in [0.05, 0.1) is 0 Å². The highest BCUT2D eigenvalue weighted by atomic mass is 31.2. The van der Waals surface area contributed by atoms with E-state index in [4.69, 9.17) is 0 Å². The number of aliphatic hydroxyl groups excluding tert-OH is 10. The van der Waals surface area contributed by atoms with E-state index in [-0.39, 0.29) is 0 Å². The van der Waals surface area contributed by atoms with Gasteiger partial charge in [-0.05, 0) is 0 Å². The molecular weight excluding hydrogens is 400 g/mol. The zero-order valence-electron chi connectivity index (χ0n) is 13.5. The first kappa shape index (κ1) is 23.0. The topological polar surface area (TPSA) is 258 Å². The fraction of sp³-hybridized carbons (Fsp3) is 1.00. The smallest absolute Gasteiger partial charge is 0.387 e. The first-order valence-corrected chi connectivity index (χ1v) is 9.30. The molecule has 160 valence electrons. The Balaban J connectivity index is 2.15. The van der Waals surface area contributed by atoms with E-state index in [0.717, 1.165) is 0 Å². The Morgan fingerprint density at radius 1 is 0.444 bits per heavy atom. The molecule has 2 aliphatic rings. The average molecular weight is 423 g/mol. The van der Waals surface area contributed by atoms with Crippen molar-refractivity contribution in [2.24, 2.45) is 0 Å². The highest BCUT2D eigenvalue weighted by Gasteiger charge is 2.54. The fourth-order valence-corrected chi connectivity index (χ4v) is 4.14. The van der Waals surface area contributed by atoms with Crippen molar-refractivity contribution in [1.82, 2.24) is 0 Å². The Bertz CT molecular complexity index is 486. The standard InChI is InChI=1S/C12H23O14P/c13-1-3(15)7(19)11(8(20)4(1)16)25-27(23,24)26-12-9(21)5(17)2(14)6(18)10(12)22/h1-22H,(H,23,24)/t1?,2?,3-,4+,5-,6+,7-,8-,9+,10+,11?,12?/i11+1/m0/s1. The SMILES string of the molecule is O=P(O)(OC1[C@H](O)[C@H](O)C(O)[C@H](O)[C@H]1O)O[13CH]1[C@@H](O)[C@H](O)C(O)[C@H](O)[C@@H]1O. The predicted octanol–water partition coefficient (Wildman–Crippen LogP) is -6.51. The van der Waals surface area contributed by atoms with Crippen LogP contribution in [-0.4, -0.2) is 129 Å². The summed E-state index contributed by atoms with van der Waals surface area (Å²) >= 11 is 0. The molecule has 0 heterocycles. The summed E-state index contributed by atoms with van der Waals surface area (Å²) in [5.41, 5.74) is 0. The van der Waals surface area contributed by atoms with Crippen molar-refractivity contribution in [3.8, 4) is 0 Å². The van der Waals surface area contributed by atoms with Crippen LogP contribution in [0.5, 0.6) is 0 Å². The van der Waals surface area contributed by atoms with Crippen molar-refractivity contribution < 1.29 is 69.6 Å². The Hall–Kier alpha value is -0.290. The van der Waals surface area contributed by atoms with Crippen molar-refractivity contribution in [3.63, 3.8) is 0 Å². The molecule has 2 aliphatic carbocycles. The maximum atomic E-state index is 12.1. The highest BCUT2D eigenvalue weighted by Crippen LogP contribution is 2.49. The first-order valence-electron chi connectivity index (χ1n) is 7.80. The summed E-state index contributed by atoms with van der Waals surface area (Å²) < 4.78 is 21.1. The summed E-state index contributed by atoms with van der Waals surface area (Å²) in [6, 6.07) is 0. The van der Waals surface area contributed by atoms with Gasteiger partial charge in [0.2, 0.25) is 0 Å². The molecule has 27 heavy (non-hydrogen) atoms. The molecular formula is C12H23O14P. The van der Waals surface area contributed by atoms with Gasteiger partial charge < -0.3 is 56.0 Å². The van der Waals surface area contributed by atoms with E-state index >= 15 is 0 Å². The van der Waals surface area contributed by atoms with Crippen molar-refractivity contribution in [2.45, 2.75) is 73.2 Å². The predicted molar refractivity (Wildman–Crippen MR) is 79.6 cm³/mol. The van der Waals surface area contributed by atoms with Gasteiger partial charge >= 0.3 is 7.82 Å². The number of hydrogen-bond donors (Lipinski definition) is 11. The average Bonchev–Trinajstić information content (AvgIpc) is 2.62. The van der Waals surface area contributed by atoms with Crippen LogP contribution < -0.4 is 0 Å². The molecule has 0 spiro atoms. The lowest BCUT2D eigenvalue weighted by Crippen LogP contribution is -2.65. The monoisotopic (exact) mass is 423 g/mol. The van der Waals surface area contributed by atoms with Gasteiger partial charge in [0.15, 0.2) is 0 Å². The lowest BCUT2D eigenvalue weighted by molar-refractivity contribution is -0.231. The number of phosphoric acid groups is 1. The minimum absolute atomic E-state index is 1.98. The number of phosphoric ester groups is 1. The van der Waals surface area contributed by atoms with E-state index in [1.54, 1.807) is 0 Å². The molecule has 11 N–H and O–H groups in total. The molecule has 5 unspecified atom stereocenters. The van der Waals surface area contributed by atoms with Crippen LogP contribution in [0.15, 0.2) is 0 Å². The van der Waals surface area contributed by atoms with Crippen molar-refractivity contribution in [2.75, 3.05) is 0 Å². The number of aliphatic hydroxyl groups is 10. The fourth-order valence-electron chi connectivity index (χ4n) is 2.98. The molecule has 0 saturated heterocycles. The van der Waals surface area contributed by atoms with Gasteiger partial charge in [-0.15, -0.1) is 0 Å². The van der Waals surface area contributed by atoms with Gasteiger partial charge in [0.25, 0.3) is 0 Å². The zero-order chi connectivity index (χ0) is 20.8. The minimum Gasteiger partial charge on any atom is -0.387 e. The van der Waals surface area contributed by atoms with Crippen LogP contribution >= 0.6 is 7.82 Å². The summed E-state index contributed by atoms with van der Waals surface area (Å²) in [4.78, 5) is 9.78. The molecule has 15 heteroatoms. The summed E-state index contributed by atoms with van der Waals surface area (Å²) in [5.74, 6) is 0. The van der Waals surface area contributed by atoms with Crippen molar-refractivity contribution in [3.05, 3.63) is 0 Å². The second-order valence-electron chi connectivity index (χ2n) is 6.51. The highest BCUT2D eigenvalue weighted by molar-refractivity contribution is 7.47. The lowest BCUT2D eigenvalue weighted by atomic mass is 9.85. The van der Waals surface area contributed by atoms with Crippen LogP contribution in [0.3, 0.4) is 0 Å². The van der Waals surface area contributed by atoms with Gasteiger partial charge in [0, 0.05) is 0 Å². The largest absolute Gasteiger partial charge is 0.473 e. The molecule has 0 aliphatic heterocycles. The van der Waals surface area contributed by atoms with Gasteiger partial charge in [-0.3, -0.25) is 9.05 Å².